The van der Waals surface area contributed by atoms with Gasteiger partial charge in [0, 0.05) is 6.20 Å². The van der Waals surface area contributed by atoms with Crippen LogP contribution in [0.3, 0.4) is 0 Å². The molecule has 0 N–H and O–H groups in total. The van der Waals surface area contributed by atoms with Gasteiger partial charge in [-0.2, -0.15) is 18.4 Å². The van der Waals surface area contributed by atoms with E-state index in [1.807, 2.05) is 0 Å². The van der Waals surface area contributed by atoms with Gasteiger partial charge >= 0.3 is 6.18 Å². The maximum Gasteiger partial charge on any atom is 0.434 e. The van der Waals surface area contributed by atoms with Gasteiger partial charge in [-0.05, 0) is 22.0 Å². The van der Waals surface area contributed by atoms with Crippen LogP contribution in [0.2, 0.25) is 0 Å². The van der Waals surface area contributed by atoms with Crippen LogP contribution in [-0.2, 0) is 6.18 Å². The van der Waals surface area contributed by atoms with Crippen molar-refractivity contribution in [2.45, 2.75) is 6.18 Å². The molecule has 0 unspecified atom stereocenters. The first kappa shape index (κ1) is 9.99. The molecule has 68 valence electrons. The monoisotopic (exact) mass is 250 g/mol. The van der Waals surface area contributed by atoms with Crippen LogP contribution in [0.25, 0.3) is 0 Å². The third kappa shape index (κ3) is 1.98. The maximum absolute atomic E-state index is 12.2. The SMILES string of the molecule is N#Cc1ccnc(C(F)(F)F)c1Br. The van der Waals surface area contributed by atoms with E-state index in [0.29, 0.717) is 0 Å². The van der Waals surface area contributed by atoms with Gasteiger partial charge in [0.2, 0.25) is 0 Å². The molecule has 0 aromatic carbocycles. The summed E-state index contributed by atoms with van der Waals surface area (Å²) in [7, 11) is 0. The summed E-state index contributed by atoms with van der Waals surface area (Å²) in [5.41, 5.74) is -1.16. The number of rotatable bonds is 0. The van der Waals surface area contributed by atoms with Crippen LogP contribution in [0.1, 0.15) is 11.3 Å². The summed E-state index contributed by atoms with van der Waals surface area (Å²) in [6.45, 7) is 0. The minimum absolute atomic E-state index is 0.0812. The molecule has 0 bridgehead atoms. The Bertz CT molecular complexity index is 367. The van der Waals surface area contributed by atoms with E-state index in [0.717, 1.165) is 6.20 Å². The normalized spacial score (nSPS) is 11.0. The van der Waals surface area contributed by atoms with E-state index in [4.69, 9.17) is 5.26 Å². The number of alkyl halides is 3. The first-order chi connectivity index (χ1) is 5.96. The molecule has 0 radical (unpaired) electrons. The number of hydrogen-bond donors (Lipinski definition) is 0. The molecule has 0 spiro atoms. The quantitative estimate of drug-likeness (QED) is 0.710. The third-order valence-electron chi connectivity index (χ3n) is 1.28. The van der Waals surface area contributed by atoms with Gasteiger partial charge in [0.05, 0.1) is 10.0 Å². The Labute approximate surface area is 80.1 Å². The highest BCUT2D eigenvalue weighted by molar-refractivity contribution is 9.10. The molecule has 1 rings (SSSR count). The molecule has 1 aromatic rings. The molecule has 0 saturated carbocycles. The Kier molecular flexibility index (Phi) is 2.57. The Hall–Kier alpha value is -1.09. The molecule has 13 heavy (non-hydrogen) atoms. The predicted octanol–water partition coefficient (Wildman–Crippen LogP) is 2.73. The van der Waals surface area contributed by atoms with E-state index in [1.165, 1.54) is 6.07 Å². The van der Waals surface area contributed by atoms with Crippen molar-refractivity contribution in [2.24, 2.45) is 0 Å². The van der Waals surface area contributed by atoms with E-state index < -0.39 is 11.9 Å². The van der Waals surface area contributed by atoms with Gasteiger partial charge in [-0.1, -0.05) is 0 Å². The van der Waals surface area contributed by atoms with Gasteiger partial charge in [0.15, 0.2) is 5.69 Å². The van der Waals surface area contributed by atoms with Crippen LogP contribution in [-0.4, -0.2) is 4.98 Å². The van der Waals surface area contributed by atoms with Gasteiger partial charge in [-0.15, -0.1) is 0 Å². The van der Waals surface area contributed by atoms with Crippen molar-refractivity contribution in [1.82, 2.24) is 4.98 Å². The number of nitrogens with zero attached hydrogens (tertiary/aromatic N) is 2. The van der Waals surface area contributed by atoms with Crippen molar-refractivity contribution >= 4 is 15.9 Å². The van der Waals surface area contributed by atoms with Gasteiger partial charge in [0.1, 0.15) is 6.07 Å². The number of pyridine rings is 1. The molecule has 0 fully saturated rings. The fraction of sp³-hybridized carbons (Fsp3) is 0.143. The van der Waals surface area contributed by atoms with Crippen molar-refractivity contribution in [3.63, 3.8) is 0 Å². The summed E-state index contributed by atoms with van der Waals surface area (Å²) in [6.07, 6.45) is -3.59. The largest absolute Gasteiger partial charge is 0.434 e. The van der Waals surface area contributed by atoms with Crippen molar-refractivity contribution in [3.05, 3.63) is 28.0 Å². The summed E-state index contributed by atoms with van der Waals surface area (Å²) in [6, 6.07) is 2.83. The summed E-state index contributed by atoms with van der Waals surface area (Å²) in [4.78, 5) is 3.14. The van der Waals surface area contributed by atoms with E-state index in [2.05, 4.69) is 20.9 Å². The number of aromatic nitrogens is 1. The second-order valence-corrected chi connectivity index (χ2v) is 2.92. The zero-order valence-electron chi connectivity index (χ0n) is 6.06. The van der Waals surface area contributed by atoms with Crippen molar-refractivity contribution < 1.29 is 13.2 Å². The molecule has 0 saturated heterocycles. The zero-order valence-corrected chi connectivity index (χ0v) is 7.65. The molecular formula is C7H2BrF3N2. The third-order valence-corrected chi connectivity index (χ3v) is 2.08. The molecule has 2 nitrogen and oxygen atoms in total. The van der Waals surface area contributed by atoms with E-state index >= 15 is 0 Å². The highest BCUT2D eigenvalue weighted by Gasteiger charge is 2.35. The van der Waals surface area contributed by atoms with Crippen LogP contribution in [0.15, 0.2) is 16.7 Å². The lowest BCUT2D eigenvalue weighted by atomic mass is 10.2. The lowest BCUT2D eigenvalue weighted by Crippen LogP contribution is -2.09. The van der Waals surface area contributed by atoms with Gasteiger partial charge in [-0.25, -0.2) is 0 Å². The smallest absolute Gasteiger partial charge is 0.251 e. The first-order valence-corrected chi connectivity index (χ1v) is 3.88. The lowest BCUT2D eigenvalue weighted by molar-refractivity contribution is -0.141. The molecule has 0 atom stereocenters. The Morgan fingerprint density at radius 3 is 2.54 bits per heavy atom. The summed E-state index contributed by atoms with van der Waals surface area (Å²) in [5, 5.41) is 8.43. The van der Waals surface area contributed by atoms with Crippen LogP contribution in [0.5, 0.6) is 0 Å². The van der Waals surface area contributed by atoms with Gasteiger partial charge in [0.25, 0.3) is 0 Å². The molecule has 0 aliphatic heterocycles. The van der Waals surface area contributed by atoms with E-state index in [9.17, 15) is 13.2 Å². The van der Waals surface area contributed by atoms with Crippen molar-refractivity contribution in [3.8, 4) is 6.07 Å². The molecule has 1 heterocycles. The Balaban J connectivity index is 3.34. The molecule has 0 amide bonds. The Morgan fingerprint density at radius 2 is 2.08 bits per heavy atom. The topological polar surface area (TPSA) is 36.7 Å². The molecule has 0 aliphatic carbocycles. The minimum atomic E-state index is -4.54. The van der Waals surface area contributed by atoms with Gasteiger partial charge in [-0.3, -0.25) is 4.98 Å². The number of halogens is 4. The fourth-order valence-corrected chi connectivity index (χ4v) is 1.28. The lowest BCUT2D eigenvalue weighted by Gasteiger charge is -2.07. The zero-order chi connectivity index (χ0) is 10.1. The highest BCUT2D eigenvalue weighted by Crippen LogP contribution is 2.34. The van der Waals surface area contributed by atoms with Crippen LogP contribution < -0.4 is 0 Å². The van der Waals surface area contributed by atoms with E-state index in [1.54, 1.807) is 6.07 Å². The summed E-state index contributed by atoms with van der Waals surface area (Å²) in [5.74, 6) is 0. The van der Waals surface area contributed by atoms with Crippen LogP contribution in [0, 0.1) is 11.3 Å². The van der Waals surface area contributed by atoms with Gasteiger partial charge < -0.3 is 0 Å². The minimum Gasteiger partial charge on any atom is -0.251 e. The van der Waals surface area contributed by atoms with E-state index in [-0.39, 0.29) is 10.0 Å². The second kappa shape index (κ2) is 3.34. The van der Waals surface area contributed by atoms with Crippen LogP contribution >= 0.6 is 15.9 Å². The maximum atomic E-state index is 12.2. The summed E-state index contributed by atoms with van der Waals surface area (Å²) < 4.78 is 36.2. The standard InChI is InChI=1S/C7H2BrF3N2/c8-5-4(3-12)1-2-13-6(5)7(9,10)11/h1-2H. The number of nitriles is 1. The molecule has 0 aliphatic rings. The first-order valence-electron chi connectivity index (χ1n) is 3.08. The highest BCUT2D eigenvalue weighted by atomic mass is 79.9. The average Bonchev–Trinajstić information content (AvgIpc) is 2.02. The second-order valence-electron chi connectivity index (χ2n) is 2.13. The Morgan fingerprint density at radius 1 is 1.46 bits per heavy atom. The summed E-state index contributed by atoms with van der Waals surface area (Å²) >= 11 is 2.67. The van der Waals surface area contributed by atoms with Crippen molar-refractivity contribution in [1.29, 1.82) is 5.26 Å². The molecule has 6 heteroatoms. The predicted molar refractivity (Wildman–Crippen MR) is 41.7 cm³/mol. The fourth-order valence-electron chi connectivity index (χ4n) is 0.728. The molecular weight excluding hydrogens is 249 g/mol. The van der Waals surface area contributed by atoms with Crippen LogP contribution in [0.4, 0.5) is 13.2 Å². The van der Waals surface area contributed by atoms with Crippen molar-refractivity contribution in [2.75, 3.05) is 0 Å². The molecule has 1 aromatic heterocycles. The average molecular weight is 251 g/mol. The number of hydrogen-bond acceptors (Lipinski definition) is 2.